The fourth-order valence-corrected chi connectivity index (χ4v) is 2.16. The molecular weight excluding hydrogens is 255 g/mol. The Morgan fingerprint density at radius 1 is 1.36 bits per heavy atom. The summed E-state index contributed by atoms with van der Waals surface area (Å²) < 4.78 is 4.72. The van der Waals surface area contributed by atoms with Gasteiger partial charge in [-0.2, -0.15) is 0 Å². The molecule has 0 aromatic heterocycles. The SMILES string of the molecule is CC1(C(=O)OI)CCCCC1. The van der Waals surface area contributed by atoms with E-state index in [-0.39, 0.29) is 11.4 Å². The first-order valence-electron chi connectivity index (χ1n) is 4.02. The molecule has 0 amide bonds. The second kappa shape index (κ2) is 3.74. The van der Waals surface area contributed by atoms with Crippen LogP contribution in [0.2, 0.25) is 0 Å². The van der Waals surface area contributed by atoms with Crippen LogP contribution >= 0.6 is 23.0 Å². The lowest BCUT2D eigenvalue weighted by atomic mass is 9.76. The van der Waals surface area contributed by atoms with Gasteiger partial charge in [-0.1, -0.05) is 19.3 Å². The van der Waals surface area contributed by atoms with E-state index in [2.05, 4.69) is 0 Å². The van der Waals surface area contributed by atoms with Crippen molar-refractivity contribution in [3.63, 3.8) is 0 Å². The molecule has 0 spiro atoms. The van der Waals surface area contributed by atoms with Crippen molar-refractivity contribution in [2.24, 2.45) is 5.41 Å². The molecule has 0 N–H and O–H groups in total. The summed E-state index contributed by atoms with van der Waals surface area (Å²) in [5.41, 5.74) is -0.181. The zero-order chi connectivity index (χ0) is 8.32. The molecule has 0 saturated heterocycles. The second-order valence-electron chi connectivity index (χ2n) is 3.49. The molecule has 64 valence electrons. The van der Waals surface area contributed by atoms with Crippen LogP contribution in [0.25, 0.3) is 0 Å². The number of rotatable bonds is 1. The summed E-state index contributed by atoms with van der Waals surface area (Å²) >= 11 is 1.68. The van der Waals surface area contributed by atoms with Crippen molar-refractivity contribution in [3.05, 3.63) is 0 Å². The maximum Gasteiger partial charge on any atom is 0.321 e. The first kappa shape index (κ1) is 9.29. The molecule has 11 heavy (non-hydrogen) atoms. The van der Waals surface area contributed by atoms with Crippen molar-refractivity contribution in [1.82, 2.24) is 0 Å². The standard InChI is InChI=1S/C8H13IO2/c1-8(7(10)11-9)5-3-2-4-6-8/h2-6H2,1H3. The maximum absolute atomic E-state index is 11.3. The van der Waals surface area contributed by atoms with E-state index in [1.807, 2.05) is 6.92 Å². The third-order valence-corrected chi connectivity index (χ3v) is 2.92. The van der Waals surface area contributed by atoms with Gasteiger partial charge in [0.2, 0.25) is 0 Å². The Balaban J connectivity index is 2.56. The summed E-state index contributed by atoms with van der Waals surface area (Å²) in [6.45, 7) is 2.01. The fraction of sp³-hybridized carbons (Fsp3) is 0.875. The van der Waals surface area contributed by atoms with Crippen molar-refractivity contribution in [2.45, 2.75) is 39.0 Å². The van der Waals surface area contributed by atoms with Crippen LogP contribution in [0.15, 0.2) is 0 Å². The molecule has 1 aliphatic rings. The van der Waals surface area contributed by atoms with Gasteiger partial charge in [-0.25, -0.2) is 0 Å². The zero-order valence-corrected chi connectivity index (χ0v) is 8.89. The highest BCUT2D eigenvalue weighted by Gasteiger charge is 2.35. The second-order valence-corrected chi connectivity index (χ2v) is 3.93. The molecule has 0 unspecified atom stereocenters. The number of halogens is 1. The highest BCUT2D eigenvalue weighted by Crippen LogP contribution is 2.37. The molecule has 1 aliphatic carbocycles. The smallest absolute Gasteiger partial charge is 0.321 e. The Hall–Kier alpha value is 0.200. The van der Waals surface area contributed by atoms with Gasteiger partial charge in [0.15, 0.2) is 23.0 Å². The summed E-state index contributed by atoms with van der Waals surface area (Å²) in [4.78, 5) is 11.3. The molecule has 0 aromatic rings. The van der Waals surface area contributed by atoms with E-state index in [1.54, 1.807) is 23.0 Å². The molecule has 3 heteroatoms. The predicted molar refractivity (Wildman–Crippen MR) is 51.3 cm³/mol. The third kappa shape index (κ3) is 2.07. The van der Waals surface area contributed by atoms with Crippen molar-refractivity contribution < 1.29 is 7.86 Å². The maximum atomic E-state index is 11.3. The number of hydrogen-bond donors (Lipinski definition) is 0. The highest BCUT2D eigenvalue weighted by atomic mass is 127. The molecule has 1 rings (SSSR count). The first-order chi connectivity index (χ1) is 5.19. The summed E-state index contributed by atoms with van der Waals surface area (Å²) in [5.74, 6) is -0.0437. The monoisotopic (exact) mass is 268 g/mol. The van der Waals surface area contributed by atoms with Crippen molar-refractivity contribution in [1.29, 1.82) is 0 Å². The molecular formula is C8H13IO2. The van der Waals surface area contributed by atoms with Gasteiger partial charge in [0, 0.05) is 0 Å². The minimum absolute atomic E-state index is 0.0437. The molecule has 0 bridgehead atoms. The number of carbonyl (C=O) groups excluding carboxylic acids is 1. The summed E-state index contributed by atoms with van der Waals surface area (Å²) in [6.07, 6.45) is 5.60. The summed E-state index contributed by atoms with van der Waals surface area (Å²) in [6, 6.07) is 0. The molecule has 0 heterocycles. The normalized spacial score (nSPS) is 22.7. The third-order valence-electron chi connectivity index (χ3n) is 2.52. The molecule has 2 nitrogen and oxygen atoms in total. The van der Waals surface area contributed by atoms with Crippen LogP contribution in [0.1, 0.15) is 39.0 Å². The van der Waals surface area contributed by atoms with Gasteiger partial charge < -0.3 is 3.07 Å². The Labute approximate surface area is 81.4 Å². The van der Waals surface area contributed by atoms with Crippen LogP contribution < -0.4 is 0 Å². The Kier molecular flexibility index (Phi) is 3.16. The zero-order valence-electron chi connectivity index (χ0n) is 6.73. The lowest BCUT2D eigenvalue weighted by Crippen LogP contribution is -2.30. The molecule has 1 fully saturated rings. The van der Waals surface area contributed by atoms with Crippen LogP contribution in [0.3, 0.4) is 0 Å². The molecule has 0 radical (unpaired) electrons. The van der Waals surface area contributed by atoms with Crippen molar-refractivity contribution in [2.75, 3.05) is 0 Å². The van der Waals surface area contributed by atoms with Gasteiger partial charge in [-0.05, 0) is 19.8 Å². The van der Waals surface area contributed by atoms with E-state index in [9.17, 15) is 4.79 Å². The molecule has 0 atom stereocenters. The lowest BCUT2D eigenvalue weighted by molar-refractivity contribution is -0.143. The van der Waals surface area contributed by atoms with Gasteiger partial charge in [0.25, 0.3) is 0 Å². The van der Waals surface area contributed by atoms with E-state index < -0.39 is 0 Å². The Morgan fingerprint density at radius 2 is 1.91 bits per heavy atom. The Bertz CT molecular complexity index is 150. The van der Waals surface area contributed by atoms with Crippen LogP contribution in [0.4, 0.5) is 0 Å². The topological polar surface area (TPSA) is 26.3 Å². The van der Waals surface area contributed by atoms with Crippen LogP contribution in [0.5, 0.6) is 0 Å². The van der Waals surface area contributed by atoms with E-state index >= 15 is 0 Å². The largest absolute Gasteiger partial charge is 0.394 e. The quantitative estimate of drug-likeness (QED) is 0.683. The number of hydrogen-bond acceptors (Lipinski definition) is 2. The molecule has 0 aliphatic heterocycles. The summed E-state index contributed by atoms with van der Waals surface area (Å²) in [5, 5.41) is 0. The van der Waals surface area contributed by atoms with E-state index in [0.717, 1.165) is 12.8 Å². The average molecular weight is 268 g/mol. The van der Waals surface area contributed by atoms with Crippen LogP contribution in [0, 0.1) is 5.41 Å². The molecule has 1 saturated carbocycles. The van der Waals surface area contributed by atoms with Gasteiger partial charge in [-0.3, -0.25) is 4.79 Å². The Morgan fingerprint density at radius 3 is 2.36 bits per heavy atom. The fourth-order valence-electron chi connectivity index (χ4n) is 1.63. The minimum atomic E-state index is -0.181. The van der Waals surface area contributed by atoms with Crippen molar-refractivity contribution >= 4 is 29.0 Å². The van der Waals surface area contributed by atoms with Gasteiger partial charge in [0.1, 0.15) is 0 Å². The predicted octanol–water partition coefficient (Wildman–Crippen LogP) is 2.85. The summed E-state index contributed by atoms with van der Waals surface area (Å²) in [7, 11) is 0. The molecule has 0 aromatic carbocycles. The van der Waals surface area contributed by atoms with E-state index in [0.29, 0.717) is 0 Å². The van der Waals surface area contributed by atoms with Gasteiger partial charge >= 0.3 is 5.97 Å². The van der Waals surface area contributed by atoms with Crippen LogP contribution in [-0.2, 0) is 7.86 Å². The average Bonchev–Trinajstić information content (AvgIpc) is 2.04. The lowest BCUT2D eigenvalue weighted by Gasteiger charge is -2.29. The van der Waals surface area contributed by atoms with E-state index in [4.69, 9.17) is 3.07 Å². The van der Waals surface area contributed by atoms with Gasteiger partial charge in [0.05, 0.1) is 5.41 Å². The van der Waals surface area contributed by atoms with Crippen molar-refractivity contribution in [3.8, 4) is 0 Å². The first-order valence-corrected chi connectivity index (χ1v) is 4.90. The van der Waals surface area contributed by atoms with Crippen LogP contribution in [-0.4, -0.2) is 5.97 Å². The highest BCUT2D eigenvalue weighted by molar-refractivity contribution is 14.1. The number of carbonyl (C=O) groups is 1. The minimum Gasteiger partial charge on any atom is -0.394 e. The van der Waals surface area contributed by atoms with Gasteiger partial charge in [-0.15, -0.1) is 0 Å². The van der Waals surface area contributed by atoms with E-state index in [1.165, 1.54) is 19.3 Å².